The Hall–Kier alpha value is -4.19. The number of rotatable bonds is 7. The van der Waals surface area contributed by atoms with E-state index in [4.69, 9.17) is 4.74 Å². The van der Waals surface area contributed by atoms with Crippen molar-refractivity contribution in [1.82, 2.24) is 9.78 Å². The second-order valence-electron chi connectivity index (χ2n) is 10.9. The zero-order chi connectivity index (χ0) is 26.9. The van der Waals surface area contributed by atoms with E-state index in [-0.39, 0.29) is 11.8 Å². The van der Waals surface area contributed by atoms with Gasteiger partial charge >= 0.3 is 5.97 Å². The third-order valence-electron chi connectivity index (χ3n) is 8.49. The molecule has 2 aliphatic carbocycles. The van der Waals surface area contributed by atoms with E-state index in [1.807, 2.05) is 47.1 Å². The summed E-state index contributed by atoms with van der Waals surface area (Å²) in [6, 6.07) is 22.7. The second kappa shape index (κ2) is 10.5. The lowest BCUT2D eigenvalue weighted by Gasteiger charge is -2.30. The third kappa shape index (κ3) is 5.11. The summed E-state index contributed by atoms with van der Waals surface area (Å²) in [7, 11) is 3.31. The molecule has 6 nitrogen and oxygen atoms in total. The molecule has 0 aliphatic heterocycles. The molecule has 1 amide bonds. The Labute approximate surface area is 228 Å². The van der Waals surface area contributed by atoms with Crippen LogP contribution in [0.4, 0.5) is 5.69 Å². The van der Waals surface area contributed by atoms with Gasteiger partial charge in [-0.2, -0.15) is 5.10 Å². The highest BCUT2D eigenvalue weighted by atomic mass is 16.5. The predicted molar refractivity (Wildman–Crippen MR) is 154 cm³/mol. The van der Waals surface area contributed by atoms with E-state index in [0.29, 0.717) is 18.4 Å². The van der Waals surface area contributed by atoms with Crippen LogP contribution in [0.3, 0.4) is 0 Å². The molecule has 4 aromatic rings. The van der Waals surface area contributed by atoms with E-state index in [0.717, 1.165) is 51.7 Å². The number of benzene rings is 3. The molecule has 1 aromatic heterocycles. The maximum atomic E-state index is 14.0. The largest absolute Gasteiger partial charge is 0.466 e. The SMILES string of the molecule is COC(=O)/C=C/c1cccc(N(Cc2ccc(-c3ccc4c(cnn4C)c3)cc2)C(=O)[C@@H]2C[C@@H]3CC[C@H]2C3)c1. The van der Waals surface area contributed by atoms with Crippen molar-refractivity contribution in [2.45, 2.75) is 32.2 Å². The molecule has 39 heavy (non-hydrogen) atoms. The van der Waals surface area contributed by atoms with Gasteiger partial charge in [0.05, 0.1) is 25.4 Å². The molecule has 3 aromatic carbocycles. The molecule has 6 heteroatoms. The van der Waals surface area contributed by atoms with Gasteiger partial charge in [-0.15, -0.1) is 0 Å². The number of aryl methyl sites for hydroxylation is 1. The van der Waals surface area contributed by atoms with Crippen LogP contribution in [0.15, 0.2) is 79.0 Å². The zero-order valence-corrected chi connectivity index (χ0v) is 22.4. The number of nitrogens with zero attached hydrogens (tertiary/aromatic N) is 3. The minimum absolute atomic E-state index is 0.0866. The molecule has 198 valence electrons. The number of amides is 1. The standard InChI is InChI=1S/C33H33N3O3/c1-35-31-14-13-26(19-28(31)20-34-35)25-10-6-23(7-11-25)21-36(33(38)30-18-24-8-12-27(30)16-24)29-5-3-4-22(17-29)9-15-32(37)39-2/h3-7,9-11,13-15,17,19-20,24,27,30H,8,12,16,18,21H2,1-2H3/b15-9+/t24-,27+,30-/m1/s1. The first-order valence-corrected chi connectivity index (χ1v) is 13.7. The van der Waals surface area contributed by atoms with Crippen molar-refractivity contribution in [1.29, 1.82) is 0 Å². The van der Waals surface area contributed by atoms with Crippen molar-refractivity contribution >= 4 is 34.5 Å². The Morgan fingerprint density at radius 3 is 2.59 bits per heavy atom. The molecule has 0 unspecified atom stereocenters. The topological polar surface area (TPSA) is 64.4 Å². The van der Waals surface area contributed by atoms with Gasteiger partial charge in [0.25, 0.3) is 0 Å². The van der Waals surface area contributed by atoms with E-state index in [1.54, 1.807) is 6.08 Å². The summed E-state index contributed by atoms with van der Waals surface area (Å²) in [6.07, 6.45) is 9.62. The number of fused-ring (bicyclic) bond motifs is 3. The van der Waals surface area contributed by atoms with E-state index >= 15 is 0 Å². The first kappa shape index (κ1) is 25.1. The minimum Gasteiger partial charge on any atom is -0.466 e. The summed E-state index contributed by atoms with van der Waals surface area (Å²) in [5.41, 5.74) is 6.15. The molecule has 0 radical (unpaired) electrons. The number of carbonyl (C=O) groups excluding carboxylic acids is 2. The quantitative estimate of drug-likeness (QED) is 0.209. The van der Waals surface area contributed by atoms with Crippen LogP contribution in [-0.2, 0) is 27.9 Å². The van der Waals surface area contributed by atoms with Gasteiger partial charge in [-0.1, -0.05) is 48.9 Å². The first-order valence-electron chi connectivity index (χ1n) is 13.7. The summed E-state index contributed by atoms with van der Waals surface area (Å²) < 4.78 is 6.61. The van der Waals surface area contributed by atoms with Crippen LogP contribution in [0.25, 0.3) is 28.1 Å². The van der Waals surface area contributed by atoms with Crippen molar-refractivity contribution < 1.29 is 14.3 Å². The van der Waals surface area contributed by atoms with Gasteiger partial charge in [0.2, 0.25) is 5.91 Å². The zero-order valence-electron chi connectivity index (χ0n) is 22.4. The molecule has 0 spiro atoms. The smallest absolute Gasteiger partial charge is 0.330 e. The molecule has 2 saturated carbocycles. The maximum Gasteiger partial charge on any atom is 0.330 e. The molecular formula is C33H33N3O3. The third-order valence-corrected chi connectivity index (χ3v) is 8.49. The fourth-order valence-corrected chi connectivity index (χ4v) is 6.40. The molecule has 1 heterocycles. The van der Waals surface area contributed by atoms with Gasteiger partial charge in [-0.3, -0.25) is 9.48 Å². The van der Waals surface area contributed by atoms with Crippen LogP contribution in [-0.4, -0.2) is 28.8 Å². The number of anilines is 1. The number of hydrogen-bond acceptors (Lipinski definition) is 4. The van der Waals surface area contributed by atoms with Gasteiger partial charge in [-0.25, -0.2) is 4.79 Å². The Kier molecular flexibility index (Phi) is 6.77. The molecule has 0 saturated heterocycles. The normalized spacial score (nSPS) is 20.1. The highest BCUT2D eigenvalue weighted by molar-refractivity contribution is 5.96. The summed E-state index contributed by atoms with van der Waals surface area (Å²) in [5, 5.41) is 5.47. The van der Waals surface area contributed by atoms with Gasteiger partial charge in [0.15, 0.2) is 0 Å². The van der Waals surface area contributed by atoms with Crippen molar-refractivity contribution in [3.8, 4) is 11.1 Å². The molecular weight excluding hydrogens is 486 g/mol. The Morgan fingerprint density at radius 2 is 1.85 bits per heavy atom. The number of ether oxygens (including phenoxy) is 1. The van der Waals surface area contributed by atoms with Crippen LogP contribution < -0.4 is 4.90 Å². The number of hydrogen-bond donors (Lipinski definition) is 0. The summed E-state index contributed by atoms with van der Waals surface area (Å²) >= 11 is 0. The lowest BCUT2D eigenvalue weighted by Crippen LogP contribution is -2.38. The van der Waals surface area contributed by atoms with Crippen molar-refractivity contribution in [2.75, 3.05) is 12.0 Å². The van der Waals surface area contributed by atoms with Crippen LogP contribution in [0.1, 0.15) is 36.8 Å². The van der Waals surface area contributed by atoms with Crippen molar-refractivity contribution in [2.24, 2.45) is 24.8 Å². The van der Waals surface area contributed by atoms with Crippen LogP contribution >= 0.6 is 0 Å². The number of carbonyl (C=O) groups is 2. The first-order chi connectivity index (χ1) is 19.0. The predicted octanol–water partition coefficient (Wildman–Crippen LogP) is 6.40. The number of methoxy groups -OCH3 is 1. The van der Waals surface area contributed by atoms with E-state index in [2.05, 4.69) is 47.6 Å². The molecule has 0 N–H and O–H groups in total. The van der Waals surface area contributed by atoms with E-state index in [9.17, 15) is 9.59 Å². The summed E-state index contributed by atoms with van der Waals surface area (Å²) in [4.78, 5) is 27.6. The van der Waals surface area contributed by atoms with Crippen molar-refractivity contribution in [3.63, 3.8) is 0 Å². The van der Waals surface area contributed by atoms with Crippen LogP contribution in [0.2, 0.25) is 0 Å². The lowest BCUT2D eigenvalue weighted by molar-refractivity contribution is -0.134. The van der Waals surface area contributed by atoms with E-state index < -0.39 is 5.97 Å². The number of aromatic nitrogens is 2. The van der Waals surface area contributed by atoms with Crippen LogP contribution in [0.5, 0.6) is 0 Å². The average molecular weight is 520 g/mol. The van der Waals surface area contributed by atoms with Gasteiger partial charge in [0.1, 0.15) is 0 Å². The van der Waals surface area contributed by atoms with Gasteiger partial charge in [-0.05, 0) is 83.7 Å². The molecule has 2 fully saturated rings. The molecule has 3 atom stereocenters. The Morgan fingerprint density at radius 1 is 1.03 bits per heavy atom. The van der Waals surface area contributed by atoms with E-state index in [1.165, 1.54) is 26.0 Å². The molecule has 2 bridgehead atoms. The fourth-order valence-electron chi connectivity index (χ4n) is 6.40. The molecule has 6 rings (SSSR count). The summed E-state index contributed by atoms with van der Waals surface area (Å²) in [6.45, 7) is 0.499. The second-order valence-corrected chi connectivity index (χ2v) is 10.9. The monoisotopic (exact) mass is 519 g/mol. The van der Waals surface area contributed by atoms with Gasteiger partial charge < -0.3 is 9.64 Å². The Balaban J connectivity index is 1.28. The van der Waals surface area contributed by atoms with Crippen molar-refractivity contribution in [3.05, 3.63) is 90.1 Å². The number of esters is 1. The average Bonchev–Trinajstić information content (AvgIpc) is 3.71. The molecule has 2 aliphatic rings. The van der Waals surface area contributed by atoms with Gasteiger partial charge in [0, 0.05) is 30.1 Å². The fraction of sp³-hybridized carbons (Fsp3) is 0.303. The Bertz CT molecular complexity index is 1550. The summed E-state index contributed by atoms with van der Waals surface area (Å²) in [5.74, 6) is 1.08. The minimum atomic E-state index is -0.405. The maximum absolute atomic E-state index is 14.0. The van der Waals surface area contributed by atoms with Crippen LogP contribution in [0, 0.1) is 17.8 Å². The highest BCUT2D eigenvalue weighted by Gasteiger charge is 2.44. The highest BCUT2D eigenvalue weighted by Crippen LogP contribution is 2.49. The lowest BCUT2D eigenvalue weighted by atomic mass is 9.87.